The first kappa shape index (κ1) is 42.0. The number of benzene rings is 2. The summed E-state index contributed by atoms with van der Waals surface area (Å²) in [5, 5.41) is 11.8. The second kappa shape index (κ2) is 20.1. The SMILES string of the molecule is CC(SC1COC(C=CC=Cc2ccc(C#N)cc2F)OC1)C(Cn1cncn1)(OC(=O)OCOC(=O)CCCCCS(=O)(=O)O)c1ccc(F)cc1F. The first-order valence-corrected chi connectivity index (χ1v) is 19.0. The second-order valence-electron chi connectivity index (χ2n) is 11.9. The molecule has 1 aromatic heterocycles. The second-order valence-corrected chi connectivity index (χ2v) is 15.1. The lowest BCUT2D eigenvalue weighted by molar-refractivity contribution is -0.155. The van der Waals surface area contributed by atoms with Crippen LogP contribution in [0.15, 0.2) is 67.3 Å². The third-order valence-electron chi connectivity index (χ3n) is 7.93. The van der Waals surface area contributed by atoms with Gasteiger partial charge in [-0.25, -0.2) is 27.6 Å². The molecule has 0 saturated carbocycles. The Hall–Kier alpha value is -4.74. The molecule has 2 unspecified atom stereocenters. The minimum Gasteiger partial charge on any atom is -0.428 e. The number of ether oxygens (including phenoxy) is 5. The maximum Gasteiger partial charge on any atom is 0.512 e. The molecule has 1 N–H and O–H groups in total. The van der Waals surface area contributed by atoms with Crippen LogP contribution in [0, 0.1) is 28.8 Å². The number of nitrogens with zero attached hydrogens (tertiary/aromatic N) is 4. The molecule has 4 rings (SSSR count). The number of hydrogen-bond acceptors (Lipinski definition) is 13. The highest BCUT2D eigenvalue weighted by molar-refractivity contribution is 8.00. The van der Waals surface area contributed by atoms with Crippen LogP contribution in [-0.4, -0.2) is 82.4 Å². The number of carbonyl (C=O) groups is 2. The molecule has 2 aromatic carbocycles. The van der Waals surface area contributed by atoms with E-state index in [0.717, 1.165) is 18.2 Å². The van der Waals surface area contributed by atoms with Gasteiger partial charge in [0, 0.05) is 28.9 Å². The summed E-state index contributed by atoms with van der Waals surface area (Å²) >= 11 is 1.23. The molecular formula is C35H37F3N4O10S2. The zero-order valence-electron chi connectivity index (χ0n) is 28.9. The molecular weight excluding hydrogens is 758 g/mol. The van der Waals surface area contributed by atoms with Crippen LogP contribution < -0.4 is 0 Å². The summed E-state index contributed by atoms with van der Waals surface area (Å²) in [5.41, 5.74) is -1.62. The molecule has 54 heavy (non-hydrogen) atoms. The van der Waals surface area contributed by atoms with Gasteiger partial charge in [0.25, 0.3) is 10.1 Å². The fourth-order valence-corrected chi connectivity index (χ4v) is 7.18. The van der Waals surface area contributed by atoms with E-state index in [9.17, 15) is 26.8 Å². The molecule has 290 valence electrons. The van der Waals surface area contributed by atoms with Crippen LogP contribution in [0.3, 0.4) is 0 Å². The van der Waals surface area contributed by atoms with Crippen LogP contribution in [0.4, 0.5) is 18.0 Å². The van der Waals surface area contributed by atoms with Crippen molar-refractivity contribution in [3.63, 3.8) is 0 Å². The molecule has 2 heterocycles. The highest BCUT2D eigenvalue weighted by atomic mass is 32.2. The predicted octanol–water partition coefficient (Wildman–Crippen LogP) is 5.70. The number of carbonyl (C=O) groups excluding carboxylic acids is 2. The van der Waals surface area contributed by atoms with E-state index in [2.05, 4.69) is 10.1 Å². The molecule has 1 fully saturated rings. The number of unbranched alkanes of at least 4 members (excludes halogenated alkanes) is 2. The lowest BCUT2D eigenvalue weighted by Gasteiger charge is -2.40. The van der Waals surface area contributed by atoms with E-state index in [-0.39, 0.29) is 61.0 Å². The first-order chi connectivity index (χ1) is 25.8. The Bertz CT molecular complexity index is 1930. The molecule has 1 aliphatic rings. The lowest BCUT2D eigenvalue weighted by atomic mass is 9.89. The minimum atomic E-state index is -4.11. The average molecular weight is 795 g/mol. The Kier molecular flexibility index (Phi) is 15.6. The fourth-order valence-electron chi connectivity index (χ4n) is 5.25. The van der Waals surface area contributed by atoms with Crippen molar-refractivity contribution >= 4 is 40.1 Å². The van der Waals surface area contributed by atoms with Crippen LogP contribution in [0.25, 0.3) is 6.08 Å². The fraction of sp³-hybridized carbons (Fsp3) is 0.400. The zero-order valence-corrected chi connectivity index (χ0v) is 30.5. The molecule has 14 nitrogen and oxygen atoms in total. The van der Waals surface area contributed by atoms with Crippen molar-refractivity contribution in [2.24, 2.45) is 0 Å². The third-order valence-corrected chi connectivity index (χ3v) is 10.2. The number of aromatic nitrogens is 3. The van der Waals surface area contributed by atoms with Crippen LogP contribution >= 0.6 is 11.8 Å². The Labute approximate surface area is 313 Å². The number of halogens is 3. The van der Waals surface area contributed by atoms with E-state index in [1.807, 2.05) is 6.07 Å². The molecule has 19 heteroatoms. The van der Waals surface area contributed by atoms with Gasteiger partial charge >= 0.3 is 12.1 Å². The Morgan fingerprint density at radius 3 is 2.56 bits per heavy atom. The molecule has 0 spiro atoms. The largest absolute Gasteiger partial charge is 0.512 e. The first-order valence-electron chi connectivity index (χ1n) is 16.5. The van der Waals surface area contributed by atoms with Gasteiger partial charge in [0.15, 0.2) is 11.9 Å². The van der Waals surface area contributed by atoms with E-state index in [1.54, 1.807) is 25.2 Å². The molecule has 2 atom stereocenters. The average Bonchev–Trinajstić information content (AvgIpc) is 3.63. The molecule has 1 saturated heterocycles. The highest BCUT2D eigenvalue weighted by Crippen LogP contribution is 2.42. The van der Waals surface area contributed by atoms with Crippen molar-refractivity contribution in [1.29, 1.82) is 5.26 Å². The zero-order chi connectivity index (χ0) is 39.1. The lowest BCUT2D eigenvalue weighted by Crippen LogP contribution is -2.47. The number of thioether (sulfide) groups is 1. The summed E-state index contributed by atoms with van der Waals surface area (Å²) in [4.78, 5) is 29.2. The van der Waals surface area contributed by atoms with Crippen molar-refractivity contribution in [2.45, 2.75) is 61.5 Å². The van der Waals surface area contributed by atoms with E-state index in [1.165, 1.54) is 47.3 Å². The van der Waals surface area contributed by atoms with Crippen LogP contribution in [0.1, 0.15) is 49.3 Å². The maximum atomic E-state index is 15.6. The summed E-state index contributed by atoms with van der Waals surface area (Å²) in [6, 6.07) is 8.78. The maximum absolute atomic E-state index is 15.6. The quantitative estimate of drug-likeness (QED) is 0.0543. The number of rotatable bonds is 18. The van der Waals surface area contributed by atoms with Gasteiger partial charge in [0.05, 0.1) is 42.4 Å². The van der Waals surface area contributed by atoms with Crippen molar-refractivity contribution in [3.8, 4) is 6.07 Å². The van der Waals surface area contributed by atoms with E-state index in [4.69, 9.17) is 33.5 Å². The standard InChI is InChI=1S/C35H37F3N4O10S2/c1-24(53-28-18-48-33(49-19-28)9-5-4-7-26-11-10-25(17-39)15-30(26)37)35(20-42-22-40-21-41-42,29-13-12-27(36)16-31(29)38)52-34(44)51-23-50-32(43)8-3-2-6-14-54(45,46)47/h4-5,7,9-13,15-16,21-22,24,28,33H,2-3,6,8,14,18-20,23H2,1H3,(H,45,46,47). The van der Waals surface area contributed by atoms with E-state index in [0.29, 0.717) is 12.5 Å². The topological polar surface area (TPSA) is 189 Å². The Morgan fingerprint density at radius 1 is 1.11 bits per heavy atom. The molecule has 0 radical (unpaired) electrons. The van der Waals surface area contributed by atoms with Gasteiger partial charge in [0.2, 0.25) is 6.79 Å². The number of esters is 1. The third kappa shape index (κ3) is 13.0. The molecule has 3 aromatic rings. The van der Waals surface area contributed by atoms with Crippen molar-refractivity contribution in [3.05, 3.63) is 101 Å². The molecule has 0 amide bonds. The van der Waals surface area contributed by atoms with Crippen molar-refractivity contribution in [1.82, 2.24) is 14.8 Å². The summed E-state index contributed by atoms with van der Waals surface area (Å²) in [6.07, 6.45) is 7.37. The smallest absolute Gasteiger partial charge is 0.428 e. The van der Waals surface area contributed by atoms with Crippen molar-refractivity contribution in [2.75, 3.05) is 25.8 Å². The number of hydrogen-bond donors (Lipinski definition) is 1. The monoisotopic (exact) mass is 794 g/mol. The molecule has 1 aliphatic heterocycles. The van der Waals surface area contributed by atoms with Crippen molar-refractivity contribution < 1.29 is 59.4 Å². The van der Waals surface area contributed by atoms with Crippen LogP contribution in [-0.2, 0) is 50.7 Å². The Balaban J connectivity index is 1.41. The van der Waals surface area contributed by atoms with Crippen LogP contribution in [0.2, 0.25) is 0 Å². The van der Waals surface area contributed by atoms with Gasteiger partial charge in [-0.1, -0.05) is 30.7 Å². The Morgan fingerprint density at radius 2 is 1.89 bits per heavy atom. The van der Waals surface area contributed by atoms with Gasteiger partial charge in [-0.2, -0.15) is 18.8 Å². The summed E-state index contributed by atoms with van der Waals surface area (Å²) in [6.45, 7) is 0.804. The van der Waals surface area contributed by atoms with Gasteiger partial charge in [-0.15, -0.1) is 11.8 Å². The summed E-state index contributed by atoms with van der Waals surface area (Å²) < 4.78 is 103. The molecule has 0 bridgehead atoms. The minimum absolute atomic E-state index is 0.119. The van der Waals surface area contributed by atoms with E-state index < -0.39 is 69.4 Å². The summed E-state index contributed by atoms with van der Waals surface area (Å²) in [5.74, 6) is -3.63. The summed E-state index contributed by atoms with van der Waals surface area (Å²) in [7, 11) is -4.11. The van der Waals surface area contributed by atoms with Gasteiger partial charge in [0.1, 0.15) is 30.1 Å². The molecule has 0 aliphatic carbocycles. The predicted molar refractivity (Wildman–Crippen MR) is 187 cm³/mol. The van der Waals surface area contributed by atoms with Crippen LogP contribution in [0.5, 0.6) is 0 Å². The van der Waals surface area contributed by atoms with Gasteiger partial charge in [-0.3, -0.25) is 9.35 Å². The number of allylic oxidation sites excluding steroid dienone is 2. The van der Waals surface area contributed by atoms with Gasteiger partial charge in [-0.05, 0) is 50.1 Å². The normalized spacial score (nSPS) is 17.9. The van der Waals surface area contributed by atoms with E-state index >= 15 is 4.39 Å². The van der Waals surface area contributed by atoms with Gasteiger partial charge < -0.3 is 23.7 Å². The number of nitriles is 1. The highest BCUT2D eigenvalue weighted by Gasteiger charge is 2.47.